The number of nitrogens with zero attached hydrogens (tertiary/aromatic N) is 5. The summed E-state index contributed by atoms with van der Waals surface area (Å²) in [6.45, 7) is 1.51. The van der Waals surface area contributed by atoms with Gasteiger partial charge >= 0.3 is 6.18 Å². The van der Waals surface area contributed by atoms with E-state index in [1.54, 1.807) is 29.2 Å². The maximum atomic E-state index is 14.1. The van der Waals surface area contributed by atoms with E-state index in [-0.39, 0.29) is 28.3 Å². The van der Waals surface area contributed by atoms with Gasteiger partial charge in [0.25, 0.3) is 11.3 Å². The molecular formula is C26H23F4N7O2S. The number of anilines is 4. The lowest BCUT2D eigenvalue weighted by Crippen LogP contribution is -2.47. The first-order valence-electron chi connectivity index (χ1n) is 12.0. The van der Waals surface area contributed by atoms with Crippen LogP contribution in [0.25, 0.3) is 22.4 Å². The summed E-state index contributed by atoms with van der Waals surface area (Å²) in [5, 5.41) is 0. The topological polar surface area (TPSA) is 120 Å². The van der Waals surface area contributed by atoms with E-state index in [1.165, 1.54) is 30.5 Å². The van der Waals surface area contributed by atoms with Gasteiger partial charge in [0, 0.05) is 37.4 Å². The molecule has 2 aromatic carbocycles. The Morgan fingerprint density at radius 1 is 0.925 bits per heavy atom. The molecule has 1 unspecified atom stereocenters. The Morgan fingerprint density at radius 3 is 2.25 bits per heavy atom. The standard InChI is InChI=1S/C26H23F4N7O2S/c27-18-6-4-16(5-7-18)23-22(17-2-1-3-20(14-17)35-40(38)39)24(34-25(33-23)26(28,29)30)37-12-10-36(11-13-37)21-9-8-19(31)15-32-21/h1-9,14-15,35H,10-13,31H2,(H,38,39). The van der Waals surface area contributed by atoms with Crippen molar-refractivity contribution in [2.45, 2.75) is 6.18 Å². The van der Waals surface area contributed by atoms with Crippen LogP contribution in [0.1, 0.15) is 5.82 Å². The molecule has 4 N–H and O–H groups in total. The minimum atomic E-state index is -4.85. The van der Waals surface area contributed by atoms with Crippen molar-refractivity contribution in [2.75, 3.05) is 46.4 Å². The molecule has 4 aromatic rings. The molecule has 3 heterocycles. The molecule has 40 heavy (non-hydrogen) atoms. The summed E-state index contributed by atoms with van der Waals surface area (Å²) < 4.78 is 78.9. The Bertz CT molecular complexity index is 1530. The van der Waals surface area contributed by atoms with Crippen LogP contribution in [0.3, 0.4) is 0 Å². The summed E-state index contributed by atoms with van der Waals surface area (Å²) in [5.41, 5.74) is 7.38. The van der Waals surface area contributed by atoms with Crippen molar-refractivity contribution < 1.29 is 26.3 Å². The van der Waals surface area contributed by atoms with Crippen molar-refractivity contribution in [1.29, 1.82) is 0 Å². The van der Waals surface area contributed by atoms with E-state index in [0.29, 0.717) is 43.2 Å². The van der Waals surface area contributed by atoms with Crippen LogP contribution in [0.4, 0.5) is 40.6 Å². The van der Waals surface area contributed by atoms with Gasteiger partial charge in [0.1, 0.15) is 17.5 Å². The zero-order valence-electron chi connectivity index (χ0n) is 20.8. The highest BCUT2D eigenvalue weighted by atomic mass is 32.2. The second kappa shape index (κ2) is 11.1. The van der Waals surface area contributed by atoms with Crippen LogP contribution in [-0.2, 0) is 17.4 Å². The minimum absolute atomic E-state index is 0.0360. The molecule has 2 aromatic heterocycles. The number of alkyl halides is 3. The van der Waals surface area contributed by atoms with Crippen molar-refractivity contribution in [3.8, 4) is 22.4 Å². The molecular weight excluding hydrogens is 550 g/mol. The van der Waals surface area contributed by atoms with Crippen molar-refractivity contribution >= 4 is 34.3 Å². The number of aromatic nitrogens is 3. The van der Waals surface area contributed by atoms with Crippen LogP contribution in [0.15, 0.2) is 66.9 Å². The number of hydrogen-bond acceptors (Lipinski definition) is 7. The third-order valence-electron chi connectivity index (χ3n) is 6.29. The lowest BCUT2D eigenvalue weighted by Gasteiger charge is -2.37. The SMILES string of the molecule is Nc1ccc(N2CCN(c3nc(C(F)(F)F)nc(-c4ccc(F)cc4)c3-c3cccc(NS(=O)O)c3)CC2)nc1. The van der Waals surface area contributed by atoms with Crippen molar-refractivity contribution in [1.82, 2.24) is 15.0 Å². The molecule has 0 radical (unpaired) electrons. The first kappa shape index (κ1) is 27.3. The predicted octanol–water partition coefficient (Wildman–Crippen LogP) is 4.82. The first-order chi connectivity index (χ1) is 19.1. The van der Waals surface area contributed by atoms with Crippen LogP contribution in [0.5, 0.6) is 0 Å². The highest BCUT2D eigenvalue weighted by molar-refractivity contribution is 7.80. The van der Waals surface area contributed by atoms with Crippen molar-refractivity contribution in [3.05, 3.63) is 78.5 Å². The number of nitrogens with two attached hydrogens (primary N) is 1. The minimum Gasteiger partial charge on any atom is -0.397 e. The highest BCUT2D eigenvalue weighted by Gasteiger charge is 2.38. The number of pyridine rings is 1. The normalized spacial score (nSPS) is 14.7. The maximum Gasteiger partial charge on any atom is 0.451 e. The molecule has 14 heteroatoms. The van der Waals surface area contributed by atoms with Gasteiger partial charge in [0.2, 0.25) is 5.82 Å². The lowest BCUT2D eigenvalue weighted by molar-refractivity contribution is -0.144. The number of nitrogens with one attached hydrogen (secondary N) is 1. The van der Waals surface area contributed by atoms with E-state index in [9.17, 15) is 26.3 Å². The molecule has 1 saturated heterocycles. The van der Waals surface area contributed by atoms with Crippen molar-refractivity contribution in [2.24, 2.45) is 0 Å². The quantitative estimate of drug-likeness (QED) is 0.222. The highest BCUT2D eigenvalue weighted by Crippen LogP contribution is 2.41. The van der Waals surface area contributed by atoms with Gasteiger partial charge in [-0.2, -0.15) is 13.2 Å². The lowest BCUT2D eigenvalue weighted by atomic mass is 9.98. The fourth-order valence-electron chi connectivity index (χ4n) is 4.46. The average Bonchev–Trinajstić information content (AvgIpc) is 2.93. The summed E-state index contributed by atoms with van der Waals surface area (Å²) in [5.74, 6) is -1.16. The van der Waals surface area contributed by atoms with Crippen LogP contribution in [-0.4, -0.2) is 49.9 Å². The van der Waals surface area contributed by atoms with Crippen molar-refractivity contribution in [3.63, 3.8) is 0 Å². The second-order valence-electron chi connectivity index (χ2n) is 8.95. The Labute approximate surface area is 229 Å². The predicted molar refractivity (Wildman–Crippen MR) is 145 cm³/mol. The van der Waals surface area contributed by atoms with E-state index in [4.69, 9.17) is 5.73 Å². The number of benzene rings is 2. The fraction of sp³-hybridized carbons (Fsp3) is 0.192. The van der Waals surface area contributed by atoms with Gasteiger partial charge in [0.05, 0.1) is 23.1 Å². The molecule has 208 valence electrons. The van der Waals surface area contributed by atoms with Crippen LogP contribution < -0.4 is 20.3 Å². The largest absolute Gasteiger partial charge is 0.451 e. The second-order valence-corrected chi connectivity index (χ2v) is 9.66. The van der Waals surface area contributed by atoms with Crippen LogP contribution in [0, 0.1) is 5.82 Å². The molecule has 1 aliphatic rings. The van der Waals surface area contributed by atoms with Gasteiger partial charge in [-0.25, -0.2) is 23.6 Å². The molecule has 1 atom stereocenters. The van der Waals surface area contributed by atoms with Gasteiger partial charge < -0.3 is 15.5 Å². The summed E-state index contributed by atoms with van der Waals surface area (Å²) in [6, 6.07) is 14.8. The maximum absolute atomic E-state index is 14.1. The zero-order chi connectivity index (χ0) is 28.4. The number of rotatable bonds is 6. The van der Waals surface area contributed by atoms with Gasteiger partial charge in [0.15, 0.2) is 0 Å². The van der Waals surface area contributed by atoms with E-state index >= 15 is 0 Å². The summed E-state index contributed by atoms with van der Waals surface area (Å²) >= 11 is -2.38. The van der Waals surface area contributed by atoms with Gasteiger partial charge in [-0.3, -0.25) is 9.27 Å². The van der Waals surface area contributed by atoms with Gasteiger partial charge in [-0.05, 0) is 54.1 Å². The summed E-state index contributed by atoms with van der Waals surface area (Å²) in [6.07, 6.45) is -3.32. The number of hydrogen-bond donors (Lipinski definition) is 3. The van der Waals surface area contributed by atoms with E-state index in [1.807, 2.05) is 4.90 Å². The van der Waals surface area contributed by atoms with E-state index in [0.717, 1.165) is 12.1 Å². The molecule has 5 rings (SSSR count). The van der Waals surface area contributed by atoms with Crippen LogP contribution in [0.2, 0.25) is 0 Å². The fourth-order valence-corrected chi connectivity index (χ4v) is 4.79. The van der Waals surface area contributed by atoms with Gasteiger partial charge in [-0.1, -0.05) is 12.1 Å². The molecule has 9 nitrogen and oxygen atoms in total. The molecule has 1 fully saturated rings. The third kappa shape index (κ3) is 5.97. The molecule has 0 saturated carbocycles. The first-order valence-corrected chi connectivity index (χ1v) is 13.1. The average molecular weight is 574 g/mol. The Balaban J connectivity index is 1.64. The zero-order valence-corrected chi connectivity index (χ0v) is 21.6. The van der Waals surface area contributed by atoms with E-state index in [2.05, 4.69) is 19.7 Å². The monoisotopic (exact) mass is 573 g/mol. The molecule has 1 aliphatic heterocycles. The van der Waals surface area contributed by atoms with E-state index < -0.39 is 29.1 Å². The molecule has 0 aliphatic carbocycles. The Hall–Kier alpha value is -4.30. The van der Waals surface area contributed by atoms with Crippen LogP contribution >= 0.6 is 0 Å². The third-order valence-corrected chi connectivity index (χ3v) is 6.70. The molecule has 0 spiro atoms. The number of halogens is 4. The Kier molecular flexibility index (Phi) is 7.54. The number of piperazine rings is 1. The molecule has 0 bridgehead atoms. The summed E-state index contributed by atoms with van der Waals surface area (Å²) in [4.78, 5) is 15.9. The number of nitrogen functional groups attached to an aromatic ring is 1. The van der Waals surface area contributed by atoms with Gasteiger partial charge in [-0.15, -0.1) is 0 Å². The Morgan fingerprint density at radius 2 is 1.62 bits per heavy atom. The smallest absolute Gasteiger partial charge is 0.397 e. The molecule has 0 amide bonds. The summed E-state index contributed by atoms with van der Waals surface area (Å²) in [7, 11) is 0.